The van der Waals surface area contributed by atoms with Gasteiger partial charge in [-0.3, -0.25) is 0 Å². The maximum Gasteiger partial charge on any atom is 0.0961 e. The minimum absolute atomic E-state index is 0.696. The second kappa shape index (κ2) is 6.41. The van der Waals surface area contributed by atoms with Gasteiger partial charge in [0.2, 0.25) is 0 Å². The van der Waals surface area contributed by atoms with E-state index in [4.69, 9.17) is 0 Å². The Bertz CT molecular complexity index is 711. The van der Waals surface area contributed by atoms with E-state index in [2.05, 4.69) is 59.0 Å². The van der Waals surface area contributed by atoms with Gasteiger partial charge >= 0.3 is 0 Å². The number of fused-ring (bicyclic) bond motifs is 1. The number of benzene rings is 1. The van der Waals surface area contributed by atoms with Crippen LogP contribution in [0.4, 0.5) is 0 Å². The van der Waals surface area contributed by atoms with Crippen LogP contribution in [0, 0.1) is 5.92 Å². The summed E-state index contributed by atoms with van der Waals surface area (Å²) in [6.45, 7) is 7.40. The third kappa shape index (κ3) is 3.52. The zero-order valence-electron chi connectivity index (χ0n) is 12.5. The molecule has 1 aromatic carbocycles. The number of thiophene rings is 1. The summed E-state index contributed by atoms with van der Waals surface area (Å²) in [4.78, 5) is 7.22. The molecule has 0 amide bonds. The Kier molecular flexibility index (Phi) is 4.36. The number of rotatable bonds is 6. The molecular weight excluding hydrogens is 278 g/mol. The van der Waals surface area contributed by atoms with Crippen LogP contribution in [-0.4, -0.2) is 16.1 Å². The molecule has 21 heavy (non-hydrogen) atoms. The van der Waals surface area contributed by atoms with Gasteiger partial charge in [-0.1, -0.05) is 26.0 Å². The van der Waals surface area contributed by atoms with Crippen molar-refractivity contribution in [3.8, 4) is 0 Å². The van der Waals surface area contributed by atoms with Crippen molar-refractivity contribution in [2.45, 2.75) is 26.9 Å². The average Bonchev–Trinajstić information content (AvgIpc) is 3.07. The third-order valence-corrected chi connectivity index (χ3v) is 4.49. The van der Waals surface area contributed by atoms with Crippen LogP contribution in [-0.2, 0) is 13.1 Å². The van der Waals surface area contributed by atoms with Gasteiger partial charge in [0.05, 0.1) is 23.9 Å². The fourth-order valence-corrected chi connectivity index (χ4v) is 3.38. The van der Waals surface area contributed by atoms with Gasteiger partial charge in [-0.2, -0.15) is 0 Å². The predicted octanol–water partition coefficient (Wildman–Crippen LogP) is 3.89. The SMILES string of the molecule is CC(C)CNCc1ccc(Cn2cnc3ccccc32)s1. The number of aromatic nitrogens is 2. The molecule has 0 aliphatic rings. The van der Waals surface area contributed by atoms with Crippen molar-refractivity contribution in [3.05, 3.63) is 52.5 Å². The molecular formula is C17H21N3S. The molecule has 2 heterocycles. The van der Waals surface area contributed by atoms with Gasteiger partial charge in [-0.15, -0.1) is 11.3 Å². The summed E-state index contributed by atoms with van der Waals surface area (Å²) in [5.74, 6) is 0.696. The van der Waals surface area contributed by atoms with E-state index in [1.807, 2.05) is 23.7 Å². The lowest BCUT2D eigenvalue weighted by atomic mass is 10.2. The van der Waals surface area contributed by atoms with Crippen molar-refractivity contribution >= 4 is 22.4 Å². The van der Waals surface area contributed by atoms with Gasteiger partial charge in [-0.25, -0.2) is 4.98 Å². The van der Waals surface area contributed by atoms with Crippen LogP contribution in [0.5, 0.6) is 0 Å². The van der Waals surface area contributed by atoms with Crippen LogP contribution in [0.2, 0.25) is 0 Å². The molecule has 0 saturated carbocycles. The number of hydrogen-bond donors (Lipinski definition) is 1. The maximum absolute atomic E-state index is 4.45. The molecule has 0 aliphatic heterocycles. The number of hydrogen-bond acceptors (Lipinski definition) is 3. The summed E-state index contributed by atoms with van der Waals surface area (Å²) >= 11 is 1.88. The summed E-state index contributed by atoms with van der Waals surface area (Å²) < 4.78 is 2.21. The van der Waals surface area contributed by atoms with Crippen LogP contribution in [0.3, 0.4) is 0 Å². The van der Waals surface area contributed by atoms with Gasteiger partial charge < -0.3 is 9.88 Å². The van der Waals surface area contributed by atoms with Gasteiger partial charge in [-0.05, 0) is 36.7 Å². The highest BCUT2D eigenvalue weighted by molar-refractivity contribution is 7.11. The van der Waals surface area contributed by atoms with Crippen LogP contribution in [0.1, 0.15) is 23.6 Å². The molecule has 0 spiro atoms. The van der Waals surface area contributed by atoms with Crippen LogP contribution < -0.4 is 5.32 Å². The number of nitrogens with zero attached hydrogens (tertiary/aromatic N) is 2. The Hall–Kier alpha value is -1.65. The highest BCUT2D eigenvalue weighted by Crippen LogP contribution is 2.20. The fraction of sp³-hybridized carbons (Fsp3) is 0.353. The van der Waals surface area contributed by atoms with Gasteiger partial charge in [0, 0.05) is 16.3 Å². The Morgan fingerprint density at radius 1 is 1.14 bits per heavy atom. The second-order valence-electron chi connectivity index (χ2n) is 5.75. The fourth-order valence-electron chi connectivity index (χ4n) is 2.39. The largest absolute Gasteiger partial charge is 0.325 e. The third-order valence-electron chi connectivity index (χ3n) is 3.42. The first kappa shape index (κ1) is 14.3. The highest BCUT2D eigenvalue weighted by Gasteiger charge is 2.05. The van der Waals surface area contributed by atoms with Crippen molar-refractivity contribution in [2.24, 2.45) is 5.92 Å². The molecule has 0 bridgehead atoms. The summed E-state index contributed by atoms with van der Waals surface area (Å²) in [7, 11) is 0. The topological polar surface area (TPSA) is 29.9 Å². The normalized spacial score (nSPS) is 11.6. The van der Waals surface area contributed by atoms with Gasteiger partial charge in [0.1, 0.15) is 0 Å². The molecule has 0 radical (unpaired) electrons. The summed E-state index contributed by atoms with van der Waals surface area (Å²) in [6, 6.07) is 12.7. The summed E-state index contributed by atoms with van der Waals surface area (Å²) in [6.07, 6.45) is 1.93. The Morgan fingerprint density at radius 3 is 2.81 bits per heavy atom. The molecule has 4 heteroatoms. The molecule has 110 valence electrons. The summed E-state index contributed by atoms with van der Waals surface area (Å²) in [5, 5.41) is 3.49. The first-order chi connectivity index (χ1) is 10.2. The van der Waals surface area contributed by atoms with Crippen molar-refractivity contribution < 1.29 is 0 Å². The van der Waals surface area contributed by atoms with E-state index in [0.29, 0.717) is 5.92 Å². The molecule has 1 N–H and O–H groups in total. The van der Waals surface area contributed by atoms with Crippen LogP contribution in [0.15, 0.2) is 42.7 Å². The van der Waals surface area contributed by atoms with Crippen LogP contribution in [0.25, 0.3) is 11.0 Å². The molecule has 0 fully saturated rings. The second-order valence-corrected chi connectivity index (χ2v) is 7.01. The van der Waals surface area contributed by atoms with Crippen molar-refractivity contribution in [1.29, 1.82) is 0 Å². The van der Waals surface area contributed by atoms with Crippen molar-refractivity contribution in [3.63, 3.8) is 0 Å². The molecule has 0 saturated heterocycles. The quantitative estimate of drug-likeness (QED) is 0.748. The van der Waals surface area contributed by atoms with E-state index in [0.717, 1.165) is 25.2 Å². The first-order valence-electron chi connectivity index (χ1n) is 7.40. The molecule has 3 nitrogen and oxygen atoms in total. The maximum atomic E-state index is 4.45. The standard InChI is InChI=1S/C17H21N3S/c1-13(2)9-18-10-14-7-8-15(21-14)11-20-12-19-16-5-3-4-6-17(16)20/h3-8,12-13,18H,9-11H2,1-2H3. The minimum atomic E-state index is 0.696. The Labute approximate surface area is 129 Å². The molecule has 0 aliphatic carbocycles. The summed E-state index contributed by atoms with van der Waals surface area (Å²) in [5.41, 5.74) is 2.26. The van der Waals surface area contributed by atoms with Crippen molar-refractivity contribution in [1.82, 2.24) is 14.9 Å². The Balaban J connectivity index is 1.67. The van der Waals surface area contributed by atoms with Gasteiger partial charge in [0.15, 0.2) is 0 Å². The molecule has 3 rings (SSSR count). The molecule has 0 atom stereocenters. The lowest BCUT2D eigenvalue weighted by Gasteiger charge is -2.05. The number of imidazole rings is 1. The lowest BCUT2D eigenvalue weighted by Crippen LogP contribution is -2.18. The predicted molar refractivity (Wildman–Crippen MR) is 89.7 cm³/mol. The van der Waals surface area contributed by atoms with E-state index in [9.17, 15) is 0 Å². The molecule has 0 unspecified atom stereocenters. The lowest BCUT2D eigenvalue weighted by molar-refractivity contribution is 0.555. The van der Waals surface area contributed by atoms with Crippen LogP contribution >= 0.6 is 11.3 Å². The van der Waals surface area contributed by atoms with E-state index < -0.39 is 0 Å². The van der Waals surface area contributed by atoms with E-state index >= 15 is 0 Å². The molecule has 3 aromatic rings. The van der Waals surface area contributed by atoms with E-state index in [1.165, 1.54) is 15.3 Å². The molecule has 2 aromatic heterocycles. The smallest absolute Gasteiger partial charge is 0.0961 e. The zero-order chi connectivity index (χ0) is 14.7. The highest BCUT2D eigenvalue weighted by atomic mass is 32.1. The van der Waals surface area contributed by atoms with Crippen molar-refractivity contribution in [2.75, 3.05) is 6.54 Å². The Morgan fingerprint density at radius 2 is 1.95 bits per heavy atom. The number of nitrogens with one attached hydrogen (secondary N) is 1. The first-order valence-corrected chi connectivity index (χ1v) is 8.22. The van der Waals surface area contributed by atoms with Gasteiger partial charge in [0.25, 0.3) is 0 Å². The zero-order valence-corrected chi connectivity index (χ0v) is 13.4. The monoisotopic (exact) mass is 299 g/mol. The average molecular weight is 299 g/mol. The number of para-hydroxylation sites is 2. The van der Waals surface area contributed by atoms with E-state index in [1.54, 1.807) is 0 Å². The minimum Gasteiger partial charge on any atom is -0.325 e. The van der Waals surface area contributed by atoms with E-state index in [-0.39, 0.29) is 0 Å².